The van der Waals surface area contributed by atoms with E-state index >= 15 is 0 Å². The summed E-state index contributed by atoms with van der Waals surface area (Å²) in [6.07, 6.45) is 3.66. The normalized spacial score (nSPS) is 16.0. The number of benzene rings is 2. The molecule has 1 amide bonds. The molecular weight excluding hydrogens is 398 g/mol. The van der Waals surface area contributed by atoms with Gasteiger partial charge in [0.05, 0.1) is 23.4 Å². The van der Waals surface area contributed by atoms with Gasteiger partial charge in [-0.05, 0) is 59.8 Å². The Kier molecular flexibility index (Phi) is 6.10. The van der Waals surface area contributed by atoms with Gasteiger partial charge < -0.3 is 14.8 Å². The Morgan fingerprint density at radius 1 is 1.07 bits per heavy atom. The van der Waals surface area contributed by atoms with E-state index in [-0.39, 0.29) is 5.24 Å². The molecule has 150 valence electrons. The molecule has 1 aromatic heterocycles. The number of nitrogens with zero attached hydrogens (tertiary/aromatic N) is 2. The summed E-state index contributed by atoms with van der Waals surface area (Å²) in [6, 6.07) is 20.8. The highest BCUT2D eigenvalue weighted by molar-refractivity contribution is 8.18. The van der Waals surface area contributed by atoms with Crippen LogP contribution < -0.4 is 14.8 Å². The largest absolute Gasteiger partial charge is 0.497 e. The number of pyridine rings is 1. The van der Waals surface area contributed by atoms with Gasteiger partial charge in [0.15, 0.2) is 0 Å². The Hall–Kier alpha value is -3.58. The summed E-state index contributed by atoms with van der Waals surface area (Å²) in [5, 5.41) is 2.64. The summed E-state index contributed by atoms with van der Waals surface area (Å²) in [6.45, 7) is 0.410. The molecule has 4 rings (SSSR count). The van der Waals surface area contributed by atoms with Crippen molar-refractivity contribution >= 4 is 34.6 Å². The molecule has 3 aromatic rings. The third-order valence-electron chi connectivity index (χ3n) is 4.24. The molecule has 0 bridgehead atoms. The summed E-state index contributed by atoms with van der Waals surface area (Å²) in [5.41, 5.74) is 2.52. The zero-order valence-electron chi connectivity index (χ0n) is 16.2. The van der Waals surface area contributed by atoms with Crippen LogP contribution >= 0.6 is 11.8 Å². The quantitative estimate of drug-likeness (QED) is 0.597. The highest BCUT2D eigenvalue weighted by atomic mass is 32.2. The standard InChI is InChI=1S/C23H19N3O3S/c1-28-20-7-4-6-17(14-20)25-22-21(30-23(27)26-22)13-16-8-10-19(11-9-16)29-15-18-5-2-3-12-24-18/h2-14H,15H2,1H3,(H,25,26,27). The van der Waals surface area contributed by atoms with Crippen LogP contribution in [0.25, 0.3) is 6.08 Å². The first-order chi connectivity index (χ1) is 14.7. The monoisotopic (exact) mass is 417 g/mol. The number of rotatable bonds is 6. The highest BCUT2D eigenvalue weighted by Crippen LogP contribution is 2.29. The van der Waals surface area contributed by atoms with Gasteiger partial charge in [0.2, 0.25) is 0 Å². The number of amides is 1. The molecule has 0 saturated carbocycles. The maximum Gasteiger partial charge on any atom is 0.289 e. The second-order valence-corrected chi connectivity index (χ2v) is 7.38. The lowest BCUT2D eigenvalue weighted by molar-refractivity contribution is 0.265. The van der Waals surface area contributed by atoms with Crippen LogP contribution in [0.4, 0.5) is 10.5 Å². The average molecular weight is 417 g/mol. The van der Waals surface area contributed by atoms with Crippen molar-refractivity contribution in [3.63, 3.8) is 0 Å². The van der Waals surface area contributed by atoms with E-state index in [9.17, 15) is 4.79 Å². The van der Waals surface area contributed by atoms with Crippen LogP contribution in [0.3, 0.4) is 0 Å². The van der Waals surface area contributed by atoms with Gasteiger partial charge in [0.1, 0.15) is 23.9 Å². The molecule has 1 aliphatic rings. The fourth-order valence-electron chi connectivity index (χ4n) is 2.77. The molecule has 2 aromatic carbocycles. The van der Waals surface area contributed by atoms with Gasteiger partial charge >= 0.3 is 0 Å². The van der Waals surface area contributed by atoms with Crippen LogP contribution in [0.2, 0.25) is 0 Å². The summed E-state index contributed by atoms with van der Waals surface area (Å²) >= 11 is 1.12. The number of thioether (sulfide) groups is 1. The molecule has 0 spiro atoms. The van der Waals surface area contributed by atoms with Gasteiger partial charge in [0, 0.05) is 12.3 Å². The van der Waals surface area contributed by atoms with Crippen molar-refractivity contribution in [2.75, 3.05) is 7.11 Å². The number of aromatic nitrogens is 1. The summed E-state index contributed by atoms with van der Waals surface area (Å²) in [5.74, 6) is 1.98. The number of hydrogen-bond donors (Lipinski definition) is 1. The molecule has 6 nitrogen and oxygen atoms in total. The minimum absolute atomic E-state index is 0.154. The van der Waals surface area contributed by atoms with Gasteiger partial charge in [0.25, 0.3) is 5.24 Å². The number of aliphatic imine (C=N–C) groups is 1. The van der Waals surface area contributed by atoms with Crippen molar-refractivity contribution in [2.45, 2.75) is 6.61 Å². The van der Waals surface area contributed by atoms with Crippen LogP contribution in [0.5, 0.6) is 11.5 Å². The first kappa shape index (κ1) is 19.7. The summed E-state index contributed by atoms with van der Waals surface area (Å²) in [4.78, 5) is 21.5. The van der Waals surface area contributed by atoms with Gasteiger partial charge in [-0.25, -0.2) is 4.99 Å². The maximum atomic E-state index is 11.9. The fraction of sp³-hybridized carbons (Fsp3) is 0.0870. The van der Waals surface area contributed by atoms with Crippen LogP contribution in [0.15, 0.2) is 82.8 Å². The Balaban J connectivity index is 1.49. The van der Waals surface area contributed by atoms with Crippen LogP contribution in [-0.4, -0.2) is 23.2 Å². The minimum Gasteiger partial charge on any atom is -0.497 e. The van der Waals surface area contributed by atoms with Crippen molar-refractivity contribution in [1.29, 1.82) is 0 Å². The van der Waals surface area contributed by atoms with Gasteiger partial charge in [-0.3, -0.25) is 9.78 Å². The summed E-state index contributed by atoms with van der Waals surface area (Å²) < 4.78 is 11.0. The average Bonchev–Trinajstić information content (AvgIpc) is 3.12. The lowest BCUT2D eigenvalue weighted by Crippen LogP contribution is -2.18. The Labute approximate surface area is 178 Å². The number of ether oxygens (including phenoxy) is 2. The number of carbonyl (C=O) groups is 1. The van der Waals surface area contributed by atoms with E-state index in [2.05, 4.69) is 15.3 Å². The number of hydrogen-bond acceptors (Lipinski definition) is 6. The van der Waals surface area contributed by atoms with Crippen LogP contribution in [0, 0.1) is 0 Å². The van der Waals surface area contributed by atoms with E-state index in [4.69, 9.17) is 9.47 Å². The minimum atomic E-state index is -0.154. The molecule has 0 atom stereocenters. The SMILES string of the molecule is COc1cccc(N=C2NC(=O)SC2=Cc2ccc(OCc3ccccn3)cc2)c1. The Morgan fingerprint density at radius 3 is 2.70 bits per heavy atom. The molecule has 1 N–H and O–H groups in total. The van der Waals surface area contributed by atoms with Crippen molar-refractivity contribution in [3.05, 3.63) is 89.1 Å². The van der Waals surface area contributed by atoms with Crippen LogP contribution in [0.1, 0.15) is 11.3 Å². The number of nitrogens with one attached hydrogen (secondary N) is 1. The first-order valence-corrected chi connectivity index (χ1v) is 10.1. The third kappa shape index (κ3) is 5.07. The van der Waals surface area contributed by atoms with Gasteiger partial charge in [-0.2, -0.15) is 0 Å². The molecule has 1 fully saturated rings. The maximum absolute atomic E-state index is 11.9. The number of methoxy groups -OCH3 is 1. The molecule has 0 radical (unpaired) electrons. The molecule has 30 heavy (non-hydrogen) atoms. The zero-order chi connectivity index (χ0) is 20.8. The Bertz CT molecular complexity index is 1100. The topological polar surface area (TPSA) is 72.8 Å². The van der Waals surface area contributed by atoms with Crippen molar-refractivity contribution in [3.8, 4) is 11.5 Å². The third-order valence-corrected chi connectivity index (χ3v) is 5.06. The van der Waals surface area contributed by atoms with E-state index in [1.54, 1.807) is 13.3 Å². The molecule has 1 saturated heterocycles. The number of amidine groups is 1. The fourth-order valence-corrected chi connectivity index (χ4v) is 3.51. The molecule has 7 heteroatoms. The lowest BCUT2D eigenvalue weighted by atomic mass is 10.2. The van der Waals surface area contributed by atoms with E-state index in [0.717, 1.165) is 33.7 Å². The predicted molar refractivity (Wildman–Crippen MR) is 119 cm³/mol. The zero-order valence-corrected chi connectivity index (χ0v) is 17.1. The molecular formula is C23H19N3O3S. The van der Waals surface area contributed by atoms with Crippen molar-refractivity contribution in [1.82, 2.24) is 10.3 Å². The van der Waals surface area contributed by atoms with Crippen LogP contribution in [-0.2, 0) is 6.61 Å². The molecule has 0 aliphatic carbocycles. The second kappa shape index (κ2) is 9.28. The van der Waals surface area contributed by atoms with Gasteiger partial charge in [-0.1, -0.05) is 24.3 Å². The first-order valence-electron chi connectivity index (χ1n) is 9.26. The van der Waals surface area contributed by atoms with E-state index in [1.807, 2.05) is 72.8 Å². The smallest absolute Gasteiger partial charge is 0.289 e. The predicted octanol–water partition coefficient (Wildman–Crippen LogP) is 5.20. The number of carbonyl (C=O) groups excluding carboxylic acids is 1. The summed E-state index contributed by atoms with van der Waals surface area (Å²) in [7, 11) is 1.61. The Morgan fingerprint density at radius 2 is 1.93 bits per heavy atom. The van der Waals surface area contributed by atoms with Gasteiger partial charge in [-0.15, -0.1) is 0 Å². The van der Waals surface area contributed by atoms with E-state index in [1.165, 1.54) is 0 Å². The second-order valence-electron chi connectivity index (χ2n) is 6.36. The molecule has 0 unspecified atom stereocenters. The molecule has 2 heterocycles. The lowest BCUT2D eigenvalue weighted by Gasteiger charge is -2.06. The van der Waals surface area contributed by atoms with Crippen molar-refractivity contribution < 1.29 is 14.3 Å². The van der Waals surface area contributed by atoms with E-state index < -0.39 is 0 Å². The van der Waals surface area contributed by atoms with E-state index in [0.29, 0.717) is 23.9 Å². The highest BCUT2D eigenvalue weighted by Gasteiger charge is 2.23. The van der Waals surface area contributed by atoms with Crippen molar-refractivity contribution in [2.24, 2.45) is 4.99 Å². The molecule has 1 aliphatic heterocycles.